The number of thiazole rings is 1. The molecule has 1 aliphatic carbocycles. The van der Waals surface area contributed by atoms with E-state index in [-0.39, 0.29) is 11.5 Å². The molecule has 0 radical (unpaired) electrons. The van der Waals surface area contributed by atoms with Gasteiger partial charge in [0, 0.05) is 10.3 Å². The standard InChI is InChI=1S/C13H12N2O3S2/c16-11(8-5-19-6-14-8)15-12-10(13(17)18)7-3-1-2-4-9(7)20-12/h5-6H,1-4H2,(H,15,16)(H,17,18). The van der Waals surface area contributed by atoms with Crippen LogP contribution in [-0.4, -0.2) is 22.0 Å². The number of thiophene rings is 1. The molecule has 104 valence electrons. The number of carbonyl (C=O) groups excluding carboxylic acids is 1. The van der Waals surface area contributed by atoms with Gasteiger partial charge in [-0.2, -0.15) is 0 Å². The van der Waals surface area contributed by atoms with Gasteiger partial charge in [-0.3, -0.25) is 4.79 Å². The number of aromatic carboxylic acids is 1. The maximum Gasteiger partial charge on any atom is 0.339 e. The van der Waals surface area contributed by atoms with Crippen LogP contribution in [0.4, 0.5) is 5.00 Å². The van der Waals surface area contributed by atoms with Gasteiger partial charge in [-0.25, -0.2) is 9.78 Å². The lowest BCUT2D eigenvalue weighted by Gasteiger charge is -2.10. The fourth-order valence-corrected chi connectivity index (χ4v) is 4.18. The fourth-order valence-electron chi connectivity index (χ4n) is 2.37. The topological polar surface area (TPSA) is 79.3 Å². The summed E-state index contributed by atoms with van der Waals surface area (Å²) in [6.07, 6.45) is 3.75. The SMILES string of the molecule is O=C(Nc1sc2c(c1C(=O)O)CCCC2)c1cscn1. The summed E-state index contributed by atoms with van der Waals surface area (Å²) in [7, 11) is 0. The van der Waals surface area contributed by atoms with Crippen LogP contribution >= 0.6 is 22.7 Å². The van der Waals surface area contributed by atoms with Crippen LogP contribution < -0.4 is 5.32 Å². The van der Waals surface area contributed by atoms with Crippen LogP contribution in [-0.2, 0) is 12.8 Å². The Balaban J connectivity index is 1.95. The lowest BCUT2D eigenvalue weighted by atomic mass is 9.95. The first-order valence-electron chi connectivity index (χ1n) is 6.24. The van der Waals surface area contributed by atoms with E-state index in [9.17, 15) is 14.7 Å². The average molecular weight is 308 g/mol. The monoisotopic (exact) mass is 308 g/mol. The van der Waals surface area contributed by atoms with E-state index in [4.69, 9.17) is 0 Å². The van der Waals surface area contributed by atoms with Crippen LogP contribution in [0.2, 0.25) is 0 Å². The summed E-state index contributed by atoms with van der Waals surface area (Å²) in [6.45, 7) is 0. The molecule has 0 aromatic carbocycles. The summed E-state index contributed by atoms with van der Waals surface area (Å²) in [4.78, 5) is 28.5. The van der Waals surface area contributed by atoms with Gasteiger partial charge in [0.2, 0.25) is 0 Å². The Morgan fingerprint density at radius 1 is 1.30 bits per heavy atom. The van der Waals surface area contributed by atoms with E-state index in [1.165, 1.54) is 22.7 Å². The Bertz CT molecular complexity index is 661. The molecule has 2 aromatic rings. The van der Waals surface area contributed by atoms with Gasteiger partial charge in [0.05, 0.1) is 11.1 Å². The van der Waals surface area contributed by atoms with Gasteiger partial charge in [-0.15, -0.1) is 22.7 Å². The van der Waals surface area contributed by atoms with Gasteiger partial charge in [-0.1, -0.05) is 0 Å². The number of carboxylic acid groups (broad SMARTS) is 1. The second-order valence-corrected chi connectivity index (χ2v) is 6.37. The molecule has 0 saturated heterocycles. The molecule has 0 fully saturated rings. The molecule has 2 heterocycles. The van der Waals surface area contributed by atoms with Crippen molar-refractivity contribution in [3.63, 3.8) is 0 Å². The summed E-state index contributed by atoms with van der Waals surface area (Å²) in [5.41, 5.74) is 3.04. The van der Waals surface area contributed by atoms with Gasteiger partial charge >= 0.3 is 5.97 Å². The Hall–Kier alpha value is -1.73. The third kappa shape index (κ3) is 2.34. The number of aryl methyl sites for hydroxylation is 1. The highest BCUT2D eigenvalue weighted by Crippen LogP contribution is 2.38. The second-order valence-electron chi connectivity index (χ2n) is 4.55. The molecule has 20 heavy (non-hydrogen) atoms. The van der Waals surface area contributed by atoms with Crippen molar-refractivity contribution in [3.8, 4) is 0 Å². The molecule has 0 aliphatic heterocycles. The first kappa shape index (κ1) is 13.3. The number of hydrogen-bond acceptors (Lipinski definition) is 5. The number of carboxylic acids is 1. The largest absolute Gasteiger partial charge is 0.478 e. The third-order valence-electron chi connectivity index (χ3n) is 3.28. The number of nitrogens with one attached hydrogen (secondary N) is 1. The van der Waals surface area contributed by atoms with E-state index in [0.29, 0.717) is 10.7 Å². The first-order valence-corrected chi connectivity index (χ1v) is 8.00. The Morgan fingerprint density at radius 2 is 2.10 bits per heavy atom. The zero-order chi connectivity index (χ0) is 14.1. The number of hydrogen-bond donors (Lipinski definition) is 2. The quantitative estimate of drug-likeness (QED) is 0.913. The smallest absolute Gasteiger partial charge is 0.339 e. The minimum atomic E-state index is -0.974. The molecule has 1 amide bonds. The normalized spacial score (nSPS) is 13.8. The minimum Gasteiger partial charge on any atom is -0.478 e. The Kier molecular flexibility index (Phi) is 3.54. The lowest BCUT2D eigenvalue weighted by Crippen LogP contribution is -2.14. The van der Waals surface area contributed by atoms with Gasteiger partial charge in [0.1, 0.15) is 10.7 Å². The first-order chi connectivity index (χ1) is 9.66. The van der Waals surface area contributed by atoms with Gasteiger partial charge in [0.15, 0.2) is 0 Å². The average Bonchev–Trinajstić information content (AvgIpc) is 3.05. The summed E-state index contributed by atoms with van der Waals surface area (Å²) in [5.74, 6) is -1.33. The highest BCUT2D eigenvalue weighted by atomic mass is 32.1. The fraction of sp³-hybridized carbons (Fsp3) is 0.308. The lowest BCUT2D eigenvalue weighted by molar-refractivity contribution is 0.0697. The third-order valence-corrected chi connectivity index (χ3v) is 5.07. The molecular formula is C13H12N2O3S2. The molecule has 7 heteroatoms. The number of fused-ring (bicyclic) bond motifs is 1. The molecule has 5 nitrogen and oxygen atoms in total. The van der Waals surface area contributed by atoms with Crippen LogP contribution in [0, 0.1) is 0 Å². The molecule has 0 atom stereocenters. The molecule has 2 aromatic heterocycles. The number of aromatic nitrogens is 1. The van der Waals surface area contributed by atoms with E-state index >= 15 is 0 Å². The van der Waals surface area contributed by atoms with Gasteiger partial charge < -0.3 is 10.4 Å². The summed E-state index contributed by atoms with van der Waals surface area (Å²) >= 11 is 2.71. The van der Waals surface area contributed by atoms with Crippen LogP contribution in [0.1, 0.15) is 44.1 Å². The zero-order valence-electron chi connectivity index (χ0n) is 10.5. The number of carbonyl (C=O) groups is 2. The maximum absolute atomic E-state index is 12.0. The van der Waals surface area contributed by atoms with Crippen molar-refractivity contribution in [1.82, 2.24) is 4.98 Å². The summed E-state index contributed by atoms with van der Waals surface area (Å²) in [6, 6.07) is 0. The van der Waals surface area contributed by atoms with E-state index in [2.05, 4.69) is 10.3 Å². The highest BCUT2D eigenvalue weighted by Gasteiger charge is 2.26. The summed E-state index contributed by atoms with van der Waals surface area (Å²) < 4.78 is 0. The van der Waals surface area contributed by atoms with Crippen LogP contribution in [0.5, 0.6) is 0 Å². The molecule has 1 aliphatic rings. The van der Waals surface area contributed by atoms with Crippen molar-refractivity contribution < 1.29 is 14.7 Å². The number of rotatable bonds is 3. The Labute approximate surface area is 123 Å². The van der Waals surface area contributed by atoms with E-state index in [0.717, 1.165) is 36.1 Å². The van der Waals surface area contributed by atoms with E-state index in [1.54, 1.807) is 10.9 Å². The molecule has 0 spiro atoms. The van der Waals surface area contributed by atoms with Crippen LogP contribution in [0.15, 0.2) is 10.9 Å². The second kappa shape index (κ2) is 5.34. The van der Waals surface area contributed by atoms with Crippen molar-refractivity contribution >= 4 is 39.6 Å². The number of anilines is 1. The van der Waals surface area contributed by atoms with Crippen LogP contribution in [0.25, 0.3) is 0 Å². The molecular weight excluding hydrogens is 296 g/mol. The van der Waals surface area contributed by atoms with Gasteiger partial charge in [-0.05, 0) is 31.2 Å². The van der Waals surface area contributed by atoms with Gasteiger partial charge in [0.25, 0.3) is 5.91 Å². The van der Waals surface area contributed by atoms with Crippen molar-refractivity contribution in [2.24, 2.45) is 0 Å². The summed E-state index contributed by atoms with van der Waals surface area (Å²) in [5, 5.41) is 14.2. The van der Waals surface area contributed by atoms with Crippen LogP contribution in [0.3, 0.4) is 0 Å². The van der Waals surface area contributed by atoms with Crippen molar-refractivity contribution in [3.05, 3.63) is 32.6 Å². The Morgan fingerprint density at radius 3 is 2.80 bits per heavy atom. The zero-order valence-corrected chi connectivity index (χ0v) is 12.1. The highest BCUT2D eigenvalue weighted by molar-refractivity contribution is 7.17. The van der Waals surface area contributed by atoms with E-state index in [1.807, 2.05) is 0 Å². The number of nitrogens with zero attached hydrogens (tertiary/aromatic N) is 1. The van der Waals surface area contributed by atoms with E-state index < -0.39 is 5.97 Å². The maximum atomic E-state index is 12.0. The predicted molar refractivity (Wildman–Crippen MR) is 78.0 cm³/mol. The molecule has 3 rings (SSSR count). The van der Waals surface area contributed by atoms with Crippen molar-refractivity contribution in [1.29, 1.82) is 0 Å². The predicted octanol–water partition coefficient (Wildman–Crippen LogP) is 3.03. The molecule has 0 unspecified atom stereocenters. The minimum absolute atomic E-state index is 0.258. The molecule has 0 saturated carbocycles. The molecule has 0 bridgehead atoms. The van der Waals surface area contributed by atoms with Crippen molar-refractivity contribution in [2.45, 2.75) is 25.7 Å². The number of amides is 1. The molecule has 2 N–H and O–H groups in total. The van der Waals surface area contributed by atoms with Crippen molar-refractivity contribution in [2.75, 3.05) is 5.32 Å².